The molecule has 1 saturated carbocycles. The van der Waals surface area contributed by atoms with Gasteiger partial charge in [0.15, 0.2) is 11.3 Å². The fourth-order valence-corrected chi connectivity index (χ4v) is 5.15. The zero-order chi connectivity index (χ0) is 26.2. The number of aryl methyl sites for hydroxylation is 1. The van der Waals surface area contributed by atoms with E-state index in [-0.39, 0.29) is 29.4 Å². The largest absolute Gasteiger partial charge is 0.371 e. The first-order valence-corrected chi connectivity index (χ1v) is 13.3. The van der Waals surface area contributed by atoms with E-state index in [4.69, 9.17) is 0 Å². The lowest BCUT2D eigenvalue weighted by molar-refractivity contribution is 0.0683. The summed E-state index contributed by atoms with van der Waals surface area (Å²) in [4.78, 5) is 29.6. The van der Waals surface area contributed by atoms with Gasteiger partial charge in [-0.25, -0.2) is 18.7 Å². The number of benzene rings is 1. The number of halogens is 2. The number of carbonyl (C=O) groups excluding carboxylic acids is 1. The van der Waals surface area contributed by atoms with Gasteiger partial charge in [0.2, 0.25) is 0 Å². The Balaban J connectivity index is 1.49. The molecule has 0 N–H and O–H groups in total. The molecule has 2 aromatic heterocycles. The zero-order valence-electron chi connectivity index (χ0n) is 21.1. The van der Waals surface area contributed by atoms with Crippen LogP contribution >= 0.6 is 18.5 Å². The molecular formula is C26H33F2N5OP2. The Morgan fingerprint density at radius 3 is 2.36 bits per heavy atom. The van der Waals surface area contributed by atoms with Gasteiger partial charge in [-0.3, -0.25) is 9.78 Å². The van der Waals surface area contributed by atoms with Crippen LogP contribution in [0.4, 0.5) is 14.5 Å². The lowest BCUT2D eigenvalue weighted by Crippen LogP contribution is -2.44. The number of hydrogen-bond acceptors (Lipinski definition) is 5. The van der Waals surface area contributed by atoms with Gasteiger partial charge in [-0.05, 0) is 57.7 Å². The molecule has 0 saturated heterocycles. The number of hydrogen-bond donors (Lipinski definition) is 0. The number of aromatic nitrogens is 3. The molecule has 1 fully saturated rings. The molecule has 0 radical (unpaired) electrons. The number of fused-ring (bicyclic) bond motifs is 1. The highest BCUT2D eigenvalue weighted by Crippen LogP contribution is 2.38. The van der Waals surface area contributed by atoms with Crippen LogP contribution < -0.4 is 4.90 Å². The standard InChI is InChI=1S/C26H33F2N5OP2/c1-15-5-10-19-18(11-15)22(12-23(31-19)26(2,28)36)32(3)16-6-8-17(9-7-16)33(4)25(34)21-14-29-20(13-30-21)24(27)35/h5,10-14,16-17,24H,6-9,35-36H2,1-4H3. The average molecular weight is 532 g/mol. The van der Waals surface area contributed by atoms with E-state index in [0.717, 1.165) is 47.8 Å². The molecule has 6 nitrogen and oxygen atoms in total. The van der Waals surface area contributed by atoms with E-state index in [1.165, 1.54) is 19.3 Å². The Morgan fingerprint density at radius 1 is 1.11 bits per heavy atom. The molecule has 0 spiro atoms. The molecule has 192 valence electrons. The van der Waals surface area contributed by atoms with Crippen LogP contribution in [-0.2, 0) is 5.41 Å². The Labute approximate surface area is 215 Å². The smallest absolute Gasteiger partial charge is 0.274 e. The summed E-state index contributed by atoms with van der Waals surface area (Å²) in [5.74, 6) is -1.52. The van der Waals surface area contributed by atoms with Crippen molar-refractivity contribution in [3.05, 3.63) is 59.3 Å². The Bertz CT molecular complexity index is 1240. The van der Waals surface area contributed by atoms with Gasteiger partial charge in [0, 0.05) is 37.3 Å². The second-order valence-corrected chi connectivity index (χ2v) is 11.5. The van der Waals surface area contributed by atoms with Crippen LogP contribution in [0.5, 0.6) is 0 Å². The van der Waals surface area contributed by atoms with Gasteiger partial charge in [0.25, 0.3) is 5.91 Å². The summed E-state index contributed by atoms with van der Waals surface area (Å²) in [5, 5.41) is -0.620. The molecule has 4 rings (SSSR count). The normalized spacial score (nSPS) is 20.6. The third-order valence-corrected chi connectivity index (χ3v) is 7.72. The molecule has 1 aliphatic rings. The zero-order valence-corrected chi connectivity index (χ0v) is 23.4. The van der Waals surface area contributed by atoms with Crippen molar-refractivity contribution in [3.63, 3.8) is 0 Å². The number of amides is 1. The van der Waals surface area contributed by atoms with Crippen LogP contribution in [0.3, 0.4) is 0 Å². The van der Waals surface area contributed by atoms with E-state index in [9.17, 15) is 13.6 Å². The first-order valence-electron chi connectivity index (χ1n) is 12.1. The molecule has 10 heteroatoms. The Morgan fingerprint density at radius 2 is 1.78 bits per heavy atom. The number of anilines is 1. The minimum absolute atomic E-state index is 0.0763. The van der Waals surface area contributed by atoms with E-state index in [1.807, 2.05) is 34.4 Å². The van der Waals surface area contributed by atoms with Crippen molar-refractivity contribution in [1.82, 2.24) is 19.9 Å². The minimum atomic E-state index is -1.63. The highest BCUT2D eigenvalue weighted by Gasteiger charge is 2.31. The van der Waals surface area contributed by atoms with E-state index in [2.05, 4.69) is 42.2 Å². The summed E-state index contributed by atoms with van der Waals surface area (Å²) in [5.41, 5.74) is 3.65. The highest BCUT2D eigenvalue weighted by atomic mass is 31.0. The quantitative estimate of drug-likeness (QED) is 0.381. The summed E-state index contributed by atoms with van der Waals surface area (Å²) in [6.07, 6.45) is 6.08. The van der Waals surface area contributed by atoms with Gasteiger partial charge in [-0.15, -0.1) is 0 Å². The highest BCUT2D eigenvalue weighted by molar-refractivity contribution is 7.18. The summed E-state index contributed by atoms with van der Waals surface area (Å²) in [6.45, 7) is 3.54. The average Bonchev–Trinajstić information content (AvgIpc) is 2.86. The monoisotopic (exact) mass is 531 g/mol. The first-order chi connectivity index (χ1) is 17.0. The van der Waals surface area contributed by atoms with E-state index in [0.29, 0.717) is 5.69 Å². The molecule has 3 aromatic rings. The summed E-state index contributed by atoms with van der Waals surface area (Å²) >= 11 is 0. The number of nitrogens with zero attached hydrogens (tertiary/aromatic N) is 5. The third-order valence-electron chi connectivity index (χ3n) is 7.08. The summed E-state index contributed by atoms with van der Waals surface area (Å²) < 4.78 is 28.2. The molecule has 1 amide bonds. The SMILES string of the molecule is Cc1ccc2nc(C(C)(F)P)cc(N(C)C3CCC(N(C)C(=O)c4cnc(C(F)P)cn4)CC3)c2c1. The predicted octanol–water partition coefficient (Wildman–Crippen LogP) is 5.71. The van der Waals surface area contributed by atoms with E-state index < -0.39 is 11.3 Å². The molecule has 0 bridgehead atoms. The van der Waals surface area contributed by atoms with Gasteiger partial charge < -0.3 is 9.80 Å². The van der Waals surface area contributed by atoms with Crippen LogP contribution in [0.25, 0.3) is 10.9 Å². The molecule has 0 aliphatic heterocycles. The van der Waals surface area contributed by atoms with Gasteiger partial charge >= 0.3 is 0 Å². The fourth-order valence-electron chi connectivity index (χ4n) is 4.83. The molecule has 1 aliphatic carbocycles. The van der Waals surface area contributed by atoms with Crippen molar-refractivity contribution in [1.29, 1.82) is 0 Å². The van der Waals surface area contributed by atoms with Crippen LogP contribution in [0.2, 0.25) is 0 Å². The molecule has 2 heterocycles. The molecule has 4 atom stereocenters. The van der Waals surface area contributed by atoms with Crippen molar-refractivity contribution >= 4 is 41.0 Å². The van der Waals surface area contributed by atoms with E-state index >= 15 is 0 Å². The number of pyridine rings is 1. The van der Waals surface area contributed by atoms with Crippen molar-refractivity contribution in [3.8, 4) is 0 Å². The number of rotatable bonds is 6. The van der Waals surface area contributed by atoms with Crippen molar-refractivity contribution in [2.75, 3.05) is 19.0 Å². The topological polar surface area (TPSA) is 62.2 Å². The van der Waals surface area contributed by atoms with Crippen LogP contribution in [-0.4, -0.2) is 51.9 Å². The van der Waals surface area contributed by atoms with Gasteiger partial charge in [-0.2, -0.15) is 0 Å². The molecular weight excluding hydrogens is 498 g/mol. The van der Waals surface area contributed by atoms with Crippen LogP contribution in [0.15, 0.2) is 36.7 Å². The third kappa shape index (κ3) is 5.65. The maximum Gasteiger partial charge on any atom is 0.274 e. The fraction of sp³-hybridized carbons (Fsp3) is 0.462. The molecule has 36 heavy (non-hydrogen) atoms. The van der Waals surface area contributed by atoms with Gasteiger partial charge in [0.1, 0.15) is 5.69 Å². The Kier molecular flexibility index (Phi) is 7.87. The Hall–Kier alpha value is -2.30. The van der Waals surface area contributed by atoms with Crippen LogP contribution in [0, 0.1) is 6.92 Å². The second kappa shape index (κ2) is 10.6. The van der Waals surface area contributed by atoms with Crippen LogP contribution in [0.1, 0.15) is 66.0 Å². The maximum atomic E-state index is 14.8. The first kappa shape index (κ1) is 26.8. The predicted molar refractivity (Wildman–Crippen MR) is 147 cm³/mol. The minimum Gasteiger partial charge on any atom is -0.371 e. The van der Waals surface area contributed by atoms with E-state index in [1.54, 1.807) is 11.9 Å². The lowest BCUT2D eigenvalue weighted by atomic mass is 9.89. The molecule has 4 unspecified atom stereocenters. The number of alkyl halides is 2. The van der Waals surface area contributed by atoms with Gasteiger partial charge in [-0.1, -0.05) is 30.1 Å². The molecule has 1 aromatic carbocycles. The van der Waals surface area contributed by atoms with Crippen molar-refractivity contribution < 1.29 is 13.6 Å². The van der Waals surface area contributed by atoms with Crippen molar-refractivity contribution in [2.45, 2.75) is 62.9 Å². The summed E-state index contributed by atoms with van der Waals surface area (Å²) in [6, 6.07) is 8.23. The van der Waals surface area contributed by atoms with Gasteiger partial charge in [0.05, 0.1) is 29.3 Å². The summed E-state index contributed by atoms with van der Waals surface area (Å²) in [7, 11) is 8.10. The second-order valence-electron chi connectivity index (χ2n) is 9.84. The lowest BCUT2D eigenvalue weighted by Gasteiger charge is -2.39. The van der Waals surface area contributed by atoms with Crippen molar-refractivity contribution in [2.24, 2.45) is 0 Å². The number of carbonyl (C=O) groups is 1. The maximum absolute atomic E-state index is 14.8.